The van der Waals surface area contributed by atoms with Crippen LogP contribution in [0.4, 0.5) is 20.6 Å². The van der Waals surface area contributed by atoms with Crippen molar-refractivity contribution in [2.45, 2.75) is 6.92 Å². The molecule has 0 unspecified atom stereocenters. The van der Waals surface area contributed by atoms with Gasteiger partial charge < -0.3 is 20.7 Å². The van der Waals surface area contributed by atoms with Crippen molar-refractivity contribution >= 4 is 35.0 Å². The van der Waals surface area contributed by atoms with Crippen LogP contribution in [0.2, 0.25) is 5.02 Å². The first kappa shape index (κ1) is 14.9. The number of carboxylic acids is 1. The largest absolute Gasteiger partial charge is 0.477 e. The highest BCUT2D eigenvalue weighted by atomic mass is 35.5. The lowest BCUT2D eigenvalue weighted by Crippen LogP contribution is -2.21. The van der Waals surface area contributed by atoms with E-state index in [-0.39, 0.29) is 22.1 Å². The Balaban J connectivity index is 2.18. The molecule has 2 amide bonds. The van der Waals surface area contributed by atoms with Crippen LogP contribution in [0.1, 0.15) is 16.2 Å². The molecule has 1 aromatic heterocycles. The summed E-state index contributed by atoms with van der Waals surface area (Å²) in [6.45, 7) is 1.64. The van der Waals surface area contributed by atoms with Gasteiger partial charge in [0.25, 0.3) is 0 Å². The quantitative estimate of drug-likeness (QED) is 0.699. The van der Waals surface area contributed by atoms with Crippen LogP contribution in [0.15, 0.2) is 24.3 Å². The van der Waals surface area contributed by atoms with Gasteiger partial charge in [0.1, 0.15) is 11.5 Å². The van der Waals surface area contributed by atoms with Gasteiger partial charge in [-0.2, -0.15) is 0 Å². The second kappa shape index (κ2) is 5.84. The van der Waals surface area contributed by atoms with E-state index in [2.05, 4.69) is 15.6 Å². The fraction of sp³-hybridized carbons (Fsp3) is 0.0769. The van der Waals surface area contributed by atoms with Crippen molar-refractivity contribution in [2.24, 2.45) is 0 Å². The van der Waals surface area contributed by atoms with E-state index in [1.165, 1.54) is 18.2 Å². The third-order valence-corrected chi connectivity index (χ3v) is 2.93. The third-order valence-electron chi connectivity index (χ3n) is 2.62. The number of aromatic amines is 1. The number of para-hydroxylation sites is 1. The minimum Gasteiger partial charge on any atom is -0.477 e. The van der Waals surface area contributed by atoms with Gasteiger partial charge in [0, 0.05) is 5.69 Å². The van der Waals surface area contributed by atoms with E-state index >= 15 is 0 Å². The number of H-pyrrole nitrogens is 1. The summed E-state index contributed by atoms with van der Waals surface area (Å²) >= 11 is 5.78. The number of anilines is 2. The zero-order valence-corrected chi connectivity index (χ0v) is 11.6. The van der Waals surface area contributed by atoms with Gasteiger partial charge in [0.15, 0.2) is 0 Å². The zero-order chi connectivity index (χ0) is 15.6. The third kappa shape index (κ3) is 3.32. The van der Waals surface area contributed by atoms with Crippen molar-refractivity contribution in [1.29, 1.82) is 0 Å². The number of rotatable bonds is 3. The molecular formula is C13H11ClFN3O3. The molecule has 0 aliphatic carbocycles. The summed E-state index contributed by atoms with van der Waals surface area (Å²) in [5.41, 5.74) is 0.291. The SMILES string of the molecule is Cc1cc(NC(=O)Nc2c(F)cccc2Cl)c(C(=O)O)[nH]1. The molecule has 2 aromatic rings. The Bertz CT molecular complexity index is 694. The minimum absolute atomic E-state index is 0.0360. The Labute approximate surface area is 123 Å². The summed E-state index contributed by atoms with van der Waals surface area (Å²) in [6.07, 6.45) is 0. The Morgan fingerprint density at radius 3 is 2.67 bits per heavy atom. The number of aromatic carboxylic acids is 1. The number of carbonyl (C=O) groups is 2. The van der Waals surface area contributed by atoms with E-state index < -0.39 is 17.8 Å². The zero-order valence-electron chi connectivity index (χ0n) is 10.8. The second-order valence-corrected chi connectivity index (χ2v) is 4.63. The summed E-state index contributed by atoms with van der Waals surface area (Å²) in [5.74, 6) is -1.91. The van der Waals surface area contributed by atoms with Gasteiger partial charge in [0.05, 0.1) is 16.4 Å². The van der Waals surface area contributed by atoms with Crippen LogP contribution >= 0.6 is 11.6 Å². The lowest BCUT2D eigenvalue weighted by Gasteiger charge is -2.09. The fourth-order valence-electron chi connectivity index (χ4n) is 1.74. The summed E-state index contributed by atoms with van der Waals surface area (Å²) < 4.78 is 13.5. The highest BCUT2D eigenvalue weighted by Crippen LogP contribution is 2.25. The predicted molar refractivity (Wildman–Crippen MR) is 76.5 cm³/mol. The Morgan fingerprint density at radius 1 is 1.33 bits per heavy atom. The molecule has 0 saturated carbocycles. The standard InChI is InChI=1S/C13H11ClFN3O3/c1-6-5-9(11(16-6)12(19)20)17-13(21)18-10-7(14)3-2-4-8(10)15/h2-5,16H,1H3,(H,19,20)(H2,17,18,21). The van der Waals surface area contributed by atoms with Gasteiger partial charge >= 0.3 is 12.0 Å². The molecule has 0 saturated heterocycles. The number of benzene rings is 1. The van der Waals surface area contributed by atoms with Gasteiger partial charge in [-0.3, -0.25) is 0 Å². The lowest BCUT2D eigenvalue weighted by atomic mass is 10.3. The van der Waals surface area contributed by atoms with Crippen molar-refractivity contribution in [3.05, 3.63) is 46.5 Å². The molecule has 8 heteroatoms. The number of nitrogens with one attached hydrogen (secondary N) is 3. The molecule has 110 valence electrons. The van der Waals surface area contributed by atoms with E-state index in [1.54, 1.807) is 6.92 Å². The van der Waals surface area contributed by atoms with E-state index in [9.17, 15) is 14.0 Å². The van der Waals surface area contributed by atoms with E-state index in [1.807, 2.05) is 0 Å². The van der Waals surface area contributed by atoms with Crippen LogP contribution in [-0.2, 0) is 0 Å². The lowest BCUT2D eigenvalue weighted by molar-refractivity contribution is 0.0692. The Hall–Kier alpha value is -2.54. The molecule has 0 spiro atoms. The first-order valence-corrected chi connectivity index (χ1v) is 6.21. The van der Waals surface area contributed by atoms with Crippen LogP contribution < -0.4 is 10.6 Å². The average molecular weight is 312 g/mol. The monoisotopic (exact) mass is 311 g/mol. The molecule has 0 aliphatic heterocycles. The smallest absolute Gasteiger partial charge is 0.354 e. The van der Waals surface area contributed by atoms with Crippen LogP contribution in [0, 0.1) is 12.7 Å². The number of aromatic nitrogens is 1. The summed E-state index contributed by atoms with van der Waals surface area (Å²) in [4.78, 5) is 25.4. The molecule has 0 aliphatic rings. The predicted octanol–water partition coefficient (Wildman–Crippen LogP) is 3.46. The fourth-order valence-corrected chi connectivity index (χ4v) is 1.95. The van der Waals surface area contributed by atoms with Crippen LogP contribution in [0.5, 0.6) is 0 Å². The molecular weight excluding hydrogens is 301 g/mol. The van der Waals surface area contributed by atoms with Gasteiger partial charge in [-0.25, -0.2) is 14.0 Å². The average Bonchev–Trinajstić information content (AvgIpc) is 2.75. The normalized spacial score (nSPS) is 10.2. The molecule has 0 fully saturated rings. The maximum absolute atomic E-state index is 13.5. The number of hydrogen-bond donors (Lipinski definition) is 4. The van der Waals surface area contributed by atoms with E-state index in [0.29, 0.717) is 5.69 Å². The topological polar surface area (TPSA) is 94.2 Å². The summed E-state index contributed by atoms with van der Waals surface area (Å²) in [7, 11) is 0. The van der Waals surface area contributed by atoms with Gasteiger partial charge in [-0.05, 0) is 25.1 Å². The van der Waals surface area contributed by atoms with Gasteiger partial charge in [-0.1, -0.05) is 17.7 Å². The van der Waals surface area contributed by atoms with Crippen molar-refractivity contribution in [2.75, 3.05) is 10.6 Å². The number of urea groups is 1. The number of amides is 2. The molecule has 1 heterocycles. The number of carbonyl (C=O) groups excluding carboxylic acids is 1. The maximum Gasteiger partial charge on any atom is 0.354 e. The number of carboxylic acid groups (broad SMARTS) is 1. The molecule has 1 aromatic carbocycles. The molecule has 0 atom stereocenters. The molecule has 4 N–H and O–H groups in total. The number of halogens is 2. The van der Waals surface area contributed by atoms with Crippen LogP contribution in [0.25, 0.3) is 0 Å². The van der Waals surface area contributed by atoms with Crippen LogP contribution in [0.3, 0.4) is 0 Å². The van der Waals surface area contributed by atoms with Crippen molar-refractivity contribution in [3.63, 3.8) is 0 Å². The number of hydrogen-bond acceptors (Lipinski definition) is 2. The first-order chi connectivity index (χ1) is 9.88. The Kier molecular flexibility index (Phi) is 4.13. The van der Waals surface area contributed by atoms with Gasteiger partial charge in [-0.15, -0.1) is 0 Å². The molecule has 2 rings (SSSR count). The molecule has 21 heavy (non-hydrogen) atoms. The maximum atomic E-state index is 13.5. The highest BCUT2D eigenvalue weighted by molar-refractivity contribution is 6.33. The minimum atomic E-state index is -1.22. The molecule has 0 bridgehead atoms. The summed E-state index contributed by atoms with van der Waals surface area (Å²) in [5, 5.41) is 13.6. The van der Waals surface area contributed by atoms with E-state index in [4.69, 9.17) is 16.7 Å². The van der Waals surface area contributed by atoms with Crippen molar-refractivity contribution < 1.29 is 19.1 Å². The second-order valence-electron chi connectivity index (χ2n) is 4.22. The van der Waals surface area contributed by atoms with Crippen LogP contribution in [-0.4, -0.2) is 22.1 Å². The summed E-state index contributed by atoms with van der Waals surface area (Å²) in [6, 6.07) is 4.61. The number of aryl methyl sites for hydroxylation is 1. The molecule has 0 radical (unpaired) electrons. The van der Waals surface area contributed by atoms with Crippen molar-refractivity contribution in [1.82, 2.24) is 4.98 Å². The Morgan fingerprint density at radius 2 is 2.05 bits per heavy atom. The first-order valence-electron chi connectivity index (χ1n) is 5.83. The van der Waals surface area contributed by atoms with E-state index in [0.717, 1.165) is 6.07 Å². The highest BCUT2D eigenvalue weighted by Gasteiger charge is 2.16. The molecule has 6 nitrogen and oxygen atoms in total. The van der Waals surface area contributed by atoms with Gasteiger partial charge in [0.2, 0.25) is 0 Å². The van der Waals surface area contributed by atoms with Crippen molar-refractivity contribution in [3.8, 4) is 0 Å².